The molecule has 0 radical (unpaired) electrons. The number of nitrogens with zero attached hydrogens (tertiary/aromatic N) is 1. The van der Waals surface area contributed by atoms with Gasteiger partial charge in [0.1, 0.15) is 0 Å². The SMILES string of the molecule is O=C(NCc1cccc(C(=O)N2CCCC2)c1)c1ccc(-c2ccccc2)cc1. The molecular weight excluding hydrogens is 360 g/mol. The van der Waals surface area contributed by atoms with Gasteiger partial charge in [0.25, 0.3) is 11.8 Å². The van der Waals surface area contributed by atoms with E-state index in [4.69, 9.17) is 0 Å². The predicted molar refractivity (Wildman–Crippen MR) is 115 cm³/mol. The third kappa shape index (κ3) is 4.54. The van der Waals surface area contributed by atoms with E-state index in [2.05, 4.69) is 5.32 Å². The number of hydrogen-bond acceptors (Lipinski definition) is 2. The minimum atomic E-state index is -0.124. The summed E-state index contributed by atoms with van der Waals surface area (Å²) in [5.41, 5.74) is 4.43. The molecular formula is C25H24N2O2. The standard InChI is InChI=1S/C25H24N2O2/c28-24(22-13-11-21(12-14-22)20-8-2-1-3-9-20)26-18-19-7-6-10-23(17-19)25(29)27-15-4-5-16-27/h1-3,6-14,17H,4-5,15-16,18H2,(H,26,28). The van der Waals surface area contributed by atoms with Crippen LogP contribution < -0.4 is 5.32 Å². The molecule has 1 aliphatic heterocycles. The maximum atomic E-state index is 12.5. The maximum Gasteiger partial charge on any atom is 0.253 e. The van der Waals surface area contributed by atoms with E-state index in [9.17, 15) is 9.59 Å². The van der Waals surface area contributed by atoms with E-state index in [-0.39, 0.29) is 11.8 Å². The van der Waals surface area contributed by atoms with Crippen molar-refractivity contribution in [2.75, 3.05) is 13.1 Å². The van der Waals surface area contributed by atoms with Crippen molar-refractivity contribution in [1.29, 1.82) is 0 Å². The van der Waals surface area contributed by atoms with Crippen molar-refractivity contribution in [3.05, 3.63) is 95.6 Å². The molecule has 1 fully saturated rings. The van der Waals surface area contributed by atoms with Crippen LogP contribution in [0.5, 0.6) is 0 Å². The molecule has 4 nitrogen and oxygen atoms in total. The molecule has 0 saturated carbocycles. The number of hydrogen-bond donors (Lipinski definition) is 1. The number of likely N-dealkylation sites (tertiary alicyclic amines) is 1. The molecule has 1 heterocycles. The largest absolute Gasteiger partial charge is 0.348 e. The van der Waals surface area contributed by atoms with Crippen LogP contribution in [0.1, 0.15) is 39.1 Å². The third-order valence-electron chi connectivity index (χ3n) is 5.27. The van der Waals surface area contributed by atoms with Crippen LogP contribution in [0.15, 0.2) is 78.9 Å². The molecule has 0 atom stereocenters. The Morgan fingerprint density at radius 1 is 0.759 bits per heavy atom. The first-order valence-corrected chi connectivity index (χ1v) is 10.0. The Morgan fingerprint density at radius 2 is 1.45 bits per heavy atom. The van der Waals surface area contributed by atoms with Crippen molar-refractivity contribution >= 4 is 11.8 Å². The lowest BCUT2D eigenvalue weighted by molar-refractivity contribution is 0.0792. The van der Waals surface area contributed by atoms with Gasteiger partial charge in [-0.15, -0.1) is 0 Å². The summed E-state index contributed by atoms with van der Waals surface area (Å²) in [4.78, 5) is 26.9. The minimum absolute atomic E-state index is 0.0761. The van der Waals surface area contributed by atoms with Crippen LogP contribution in [0.3, 0.4) is 0 Å². The molecule has 29 heavy (non-hydrogen) atoms. The molecule has 3 aromatic rings. The van der Waals surface area contributed by atoms with E-state index in [1.54, 1.807) is 0 Å². The summed E-state index contributed by atoms with van der Waals surface area (Å²) in [6, 6.07) is 25.2. The van der Waals surface area contributed by atoms with Crippen LogP contribution in [0.2, 0.25) is 0 Å². The first-order valence-electron chi connectivity index (χ1n) is 10.0. The van der Waals surface area contributed by atoms with E-state index in [1.807, 2.05) is 83.8 Å². The normalized spacial score (nSPS) is 13.3. The van der Waals surface area contributed by atoms with Gasteiger partial charge in [-0.1, -0.05) is 54.6 Å². The predicted octanol–water partition coefficient (Wildman–Crippen LogP) is 4.52. The zero-order valence-electron chi connectivity index (χ0n) is 16.3. The molecule has 146 valence electrons. The lowest BCUT2D eigenvalue weighted by Gasteiger charge is -2.15. The van der Waals surface area contributed by atoms with Crippen molar-refractivity contribution in [2.45, 2.75) is 19.4 Å². The number of carbonyl (C=O) groups excluding carboxylic acids is 2. The van der Waals surface area contributed by atoms with Crippen LogP contribution in [0.4, 0.5) is 0 Å². The molecule has 0 aliphatic carbocycles. The fourth-order valence-electron chi connectivity index (χ4n) is 3.65. The van der Waals surface area contributed by atoms with Crippen LogP contribution in [-0.2, 0) is 6.54 Å². The number of amides is 2. The first kappa shape index (κ1) is 18.9. The zero-order valence-corrected chi connectivity index (χ0v) is 16.3. The van der Waals surface area contributed by atoms with Crippen molar-refractivity contribution in [3.63, 3.8) is 0 Å². The van der Waals surface area contributed by atoms with Gasteiger partial charge in [-0.05, 0) is 53.8 Å². The van der Waals surface area contributed by atoms with E-state index in [1.165, 1.54) is 0 Å². The summed E-state index contributed by atoms with van der Waals surface area (Å²) in [5.74, 6) is -0.0481. The smallest absolute Gasteiger partial charge is 0.253 e. The molecule has 0 spiro atoms. The van der Waals surface area contributed by atoms with Crippen molar-refractivity contribution in [1.82, 2.24) is 10.2 Å². The molecule has 1 aliphatic rings. The maximum absolute atomic E-state index is 12.5. The van der Waals surface area contributed by atoms with Crippen LogP contribution >= 0.6 is 0 Å². The topological polar surface area (TPSA) is 49.4 Å². The number of rotatable bonds is 5. The molecule has 1 N–H and O–H groups in total. The van der Waals surface area contributed by atoms with Gasteiger partial charge in [0, 0.05) is 30.8 Å². The highest BCUT2D eigenvalue weighted by atomic mass is 16.2. The molecule has 0 aromatic heterocycles. The minimum Gasteiger partial charge on any atom is -0.348 e. The molecule has 2 amide bonds. The molecule has 3 aromatic carbocycles. The second kappa shape index (κ2) is 8.74. The lowest BCUT2D eigenvalue weighted by atomic mass is 10.0. The van der Waals surface area contributed by atoms with Gasteiger partial charge in [0.05, 0.1) is 0 Å². The summed E-state index contributed by atoms with van der Waals surface area (Å²) in [6.07, 6.45) is 2.15. The molecule has 4 heteroatoms. The van der Waals surface area contributed by atoms with Crippen molar-refractivity contribution in [3.8, 4) is 11.1 Å². The summed E-state index contributed by atoms with van der Waals surface area (Å²) in [5, 5.41) is 2.95. The van der Waals surface area contributed by atoms with Crippen molar-refractivity contribution in [2.24, 2.45) is 0 Å². The highest BCUT2D eigenvalue weighted by Gasteiger charge is 2.19. The Morgan fingerprint density at radius 3 is 2.17 bits per heavy atom. The van der Waals surface area contributed by atoms with Crippen LogP contribution in [0, 0.1) is 0 Å². The second-order valence-corrected chi connectivity index (χ2v) is 7.33. The van der Waals surface area contributed by atoms with Gasteiger partial charge in [0.2, 0.25) is 0 Å². The molecule has 1 saturated heterocycles. The van der Waals surface area contributed by atoms with E-state index >= 15 is 0 Å². The highest BCUT2D eigenvalue weighted by Crippen LogP contribution is 2.19. The zero-order chi connectivity index (χ0) is 20.1. The average Bonchev–Trinajstić information content (AvgIpc) is 3.33. The van der Waals surface area contributed by atoms with E-state index in [0.29, 0.717) is 17.7 Å². The fraction of sp³-hybridized carbons (Fsp3) is 0.200. The third-order valence-corrected chi connectivity index (χ3v) is 5.27. The lowest BCUT2D eigenvalue weighted by Crippen LogP contribution is -2.28. The Balaban J connectivity index is 1.38. The average molecular weight is 384 g/mol. The molecule has 4 rings (SSSR count). The van der Waals surface area contributed by atoms with Gasteiger partial charge >= 0.3 is 0 Å². The molecule has 0 bridgehead atoms. The van der Waals surface area contributed by atoms with E-state index < -0.39 is 0 Å². The second-order valence-electron chi connectivity index (χ2n) is 7.33. The summed E-state index contributed by atoms with van der Waals surface area (Å²) in [7, 11) is 0. The summed E-state index contributed by atoms with van der Waals surface area (Å²) >= 11 is 0. The quantitative estimate of drug-likeness (QED) is 0.703. The summed E-state index contributed by atoms with van der Waals surface area (Å²) < 4.78 is 0. The number of benzene rings is 3. The fourth-order valence-corrected chi connectivity index (χ4v) is 3.65. The summed E-state index contributed by atoms with van der Waals surface area (Å²) in [6.45, 7) is 2.05. The number of carbonyl (C=O) groups is 2. The Labute approximate surface area is 171 Å². The highest BCUT2D eigenvalue weighted by molar-refractivity contribution is 5.95. The van der Waals surface area contributed by atoms with Crippen LogP contribution in [0.25, 0.3) is 11.1 Å². The van der Waals surface area contributed by atoms with Gasteiger partial charge in [-0.2, -0.15) is 0 Å². The van der Waals surface area contributed by atoms with Crippen molar-refractivity contribution < 1.29 is 9.59 Å². The first-order chi connectivity index (χ1) is 14.2. The van der Waals surface area contributed by atoms with Gasteiger partial charge < -0.3 is 10.2 Å². The number of nitrogens with one attached hydrogen (secondary N) is 1. The Hall–Kier alpha value is -3.40. The molecule has 0 unspecified atom stereocenters. The van der Waals surface area contributed by atoms with Crippen LogP contribution in [-0.4, -0.2) is 29.8 Å². The monoisotopic (exact) mass is 384 g/mol. The Kier molecular flexibility index (Phi) is 5.71. The van der Waals surface area contributed by atoms with E-state index in [0.717, 1.165) is 42.6 Å². The van der Waals surface area contributed by atoms with Gasteiger partial charge in [-0.25, -0.2) is 0 Å². The Bertz CT molecular complexity index is 991. The van der Waals surface area contributed by atoms with Gasteiger partial charge in [0.15, 0.2) is 0 Å². The van der Waals surface area contributed by atoms with Gasteiger partial charge in [-0.3, -0.25) is 9.59 Å².